The molecule has 0 radical (unpaired) electrons. The summed E-state index contributed by atoms with van der Waals surface area (Å²) in [6, 6.07) is 51.1. The van der Waals surface area contributed by atoms with Gasteiger partial charge in [0.1, 0.15) is 0 Å². The van der Waals surface area contributed by atoms with Gasteiger partial charge in [0.25, 0.3) is 0 Å². The van der Waals surface area contributed by atoms with Gasteiger partial charge >= 0.3 is 0 Å². The van der Waals surface area contributed by atoms with Crippen LogP contribution < -0.4 is 10.2 Å². The highest BCUT2D eigenvalue weighted by Gasteiger charge is 2.52. The maximum Gasteiger partial charge on any atom is 0.0754 e. The zero-order chi connectivity index (χ0) is 26.3. The number of nitrogens with one attached hydrogen (secondary N) is 1. The standard InChI is InChI=1S/C37H24N2S/c1-2-11-24(12-3-1)38-25-21-22-29-27(23-25)26-13-4-5-14-28(26)37(29)30-15-6-7-17-32(30)39-33-18-8-9-19-34(33)40-35-20-10-16-31(37)36(35)39/h1-23,38H. The zero-order valence-electron chi connectivity index (χ0n) is 21.6. The van der Waals surface area contributed by atoms with Crippen LogP contribution in [0.25, 0.3) is 11.1 Å². The molecule has 1 N–H and O–H groups in total. The zero-order valence-corrected chi connectivity index (χ0v) is 22.5. The molecule has 188 valence electrons. The molecule has 1 spiro atoms. The third-order valence-electron chi connectivity index (χ3n) is 8.61. The Morgan fingerprint density at radius 3 is 2.05 bits per heavy atom. The van der Waals surface area contributed by atoms with Crippen molar-refractivity contribution in [2.45, 2.75) is 15.2 Å². The van der Waals surface area contributed by atoms with Gasteiger partial charge < -0.3 is 10.2 Å². The van der Waals surface area contributed by atoms with Crippen molar-refractivity contribution in [1.29, 1.82) is 0 Å². The van der Waals surface area contributed by atoms with Crippen molar-refractivity contribution in [2.24, 2.45) is 0 Å². The van der Waals surface area contributed by atoms with E-state index in [9.17, 15) is 0 Å². The topological polar surface area (TPSA) is 15.3 Å². The third-order valence-corrected chi connectivity index (χ3v) is 9.72. The van der Waals surface area contributed by atoms with E-state index >= 15 is 0 Å². The van der Waals surface area contributed by atoms with Gasteiger partial charge in [-0.2, -0.15) is 0 Å². The fraction of sp³-hybridized carbons (Fsp3) is 0.0270. The Kier molecular flexibility index (Phi) is 4.50. The van der Waals surface area contributed by atoms with Crippen molar-refractivity contribution >= 4 is 40.2 Å². The summed E-state index contributed by atoms with van der Waals surface area (Å²) in [6.07, 6.45) is 0. The second kappa shape index (κ2) is 8.14. The van der Waals surface area contributed by atoms with E-state index < -0.39 is 5.41 Å². The molecular formula is C37H24N2S. The summed E-state index contributed by atoms with van der Waals surface area (Å²) in [7, 11) is 0. The van der Waals surface area contributed by atoms with Gasteiger partial charge in [-0.1, -0.05) is 103 Å². The monoisotopic (exact) mass is 528 g/mol. The first-order chi connectivity index (χ1) is 19.8. The molecule has 9 rings (SSSR count). The summed E-state index contributed by atoms with van der Waals surface area (Å²) >= 11 is 1.88. The molecule has 6 aromatic carbocycles. The Morgan fingerprint density at radius 2 is 1.15 bits per heavy atom. The van der Waals surface area contributed by atoms with Crippen LogP contribution in [0.5, 0.6) is 0 Å². The van der Waals surface area contributed by atoms with Crippen LogP contribution in [0.1, 0.15) is 22.3 Å². The van der Waals surface area contributed by atoms with Crippen LogP contribution >= 0.6 is 11.8 Å². The van der Waals surface area contributed by atoms with Crippen molar-refractivity contribution in [2.75, 3.05) is 10.2 Å². The van der Waals surface area contributed by atoms with Crippen molar-refractivity contribution in [3.05, 3.63) is 162 Å². The molecule has 1 atom stereocenters. The van der Waals surface area contributed by atoms with E-state index in [4.69, 9.17) is 0 Å². The maximum atomic E-state index is 3.63. The number of hydrogen-bond acceptors (Lipinski definition) is 3. The van der Waals surface area contributed by atoms with Crippen molar-refractivity contribution < 1.29 is 0 Å². The molecule has 40 heavy (non-hydrogen) atoms. The molecule has 0 aromatic heterocycles. The smallest absolute Gasteiger partial charge is 0.0754 e. The first-order valence-electron chi connectivity index (χ1n) is 13.7. The molecule has 1 aliphatic carbocycles. The van der Waals surface area contributed by atoms with E-state index in [0.717, 1.165) is 11.4 Å². The van der Waals surface area contributed by atoms with Gasteiger partial charge in [-0.3, -0.25) is 0 Å². The molecular weight excluding hydrogens is 504 g/mol. The molecule has 6 aromatic rings. The molecule has 3 heteroatoms. The lowest BCUT2D eigenvalue weighted by Gasteiger charge is -2.47. The Balaban J connectivity index is 1.36. The first kappa shape index (κ1) is 22.1. The molecule has 2 heterocycles. The van der Waals surface area contributed by atoms with Crippen LogP contribution in [0.15, 0.2) is 149 Å². The van der Waals surface area contributed by atoms with Gasteiger partial charge in [0.2, 0.25) is 0 Å². The van der Waals surface area contributed by atoms with Crippen LogP contribution in [-0.4, -0.2) is 0 Å². The van der Waals surface area contributed by atoms with Crippen molar-refractivity contribution in [1.82, 2.24) is 0 Å². The van der Waals surface area contributed by atoms with E-state index in [-0.39, 0.29) is 0 Å². The quantitative estimate of drug-likeness (QED) is 0.240. The summed E-state index contributed by atoms with van der Waals surface area (Å²) < 4.78 is 0. The minimum Gasteiger partial charge on any atom is -0.356 e. The van der Waals surface area contributed by atoms with Crippen molar-refractivity contribution in [3.63, 3.8) is 0 Å². The van der Waals surface area contributed by atoms with Gasteiger partial charge in [-0.25, -0.2) is 0 Å². The number of para-hydroxylation sites is 4. The normalized spacial score (nSPS) is 16.9. The molecule has 0 fully saturated rings. The first-order valence-corrected chi connectivity index (χ1v) is 14.5. The van der Waals surface area contributed by atoms with E-state index in [1.165, 1.54) is 60.2 Å². The number of nitrogens with zero attached hydrogens (tertiary/aromatic N) is 1. The van der Waals surface area contributed by atoms with Gasteiger partial charge in [-0.05, 0) is 81.9 Å². The Morgan fingerprint density at radius 1 is 0.475 bits per heavy atom. The van der Waals surface area contributed by atoms with Crippen molar-refractivity contribution in [3.8, 4) is 11.1 Å². The number of fused-ring (bicyclic) bond motifs is 11. The fourth-order valence-corrected chi connectivity index (χ4v) is 8.21. The summed E-state index contributed by atoms with van der Waals surface area (Å²) in [5.74, 6) is 0. The molecule has 0 amide bonds. The summed E-state index contributed by atoms with van der Waals surface area (Å²) in [6.45, 7) is 0. The van der Waals surface area contributed by atoms with Crippen LogP contribution in [-0.2, 0) is 5.41 Å². The third kappa shape index (κ3) is 2.80. The Bertz CT molecular complexity index is 1980. The lowest BCUT2D eigenvalue weighted by molar-refractivity contribution is 0.746. The second-order valence-corrected chi connectivity index (χ2v) is 11.7. The minimum absolute atomic E-state index is 0.400. The van der Waals surface area contributed by atoms with Crippen LogP contribution in [0.3, 0.4) is 0 Å². The van der Waals surface area contributed by atoms with Gasteiger partial charge in [0, 0.05) is 21.2 Å². The van der Waals surface area contributed by atoms with Crippen LogP contribution in [0.2, 0.25) is 0 Å². The molecule has 3 aliphatic rings. The number of rotatable bonds is 2. The predicted molar refractivity (Wildman–Crippen MR) is 166 cm³/mol. The molecule has 2 aliphatic heterocycles. The van der Waals surface area contributed by atoms with Gasteiger partial charge in [0.15, 0.2) is 0 Å². The van der Waals surface area contributed by atoms with Gasteiger partial charge in [0.05, 0.1) is 22.5 Å². The van der Waals surface area contributed by atoms with E-state index in [1.54, 1.807) is 0 Å². The minimum atomic E-state index is -0.400. The molecule has 1 unspecified atom stereocenters. The highest BCUT2D eigenvalue weighted by atomic mass is 32.2. The average molecular weight is 529 g/mol. The van der Waals surface area contributed by atoms with E-state index in [1.807, 2.05) is 11.8 Å². The number of benzene rings is 6. The average Bonchev–Trinajstić information content (AvgIpc) is 3.30. The molecule has 0 bridgehead atoms. The second-order valence-electron chi connectivity index (χ2n) is 10.6. The van der Waals surface area contributed by atoms with E-state index in [0.29, 0.717) is 0 Å². The van der Waals surface area contributed by atoms with Crippen LogP contribution in [0, 0.1) is 0 Å². The number of hydrogen-bond donors (Lipinski definition) is 1. The summed E-state index contributed by atoms with van der Waals surface area (Å²) in [4.78, 5) is 5.10. The van der Waals surface area contributed by atoms with Crippen LogP contribution in [0.4, 0.5) is 28.4 Å². The lowest BCUT2D eigenvalue weighted by atomic mass is 9.64. The lowest BCUT2D eigenvalue weighted by Crippen LogP contribution is -2.37. The molecule has 0 saturated heterocycles. The number of anilines is 5. The highest BCUT2D eigenvalue weighted by molar-refractivity contribution is 7.99. The summed E-state index contributed by atoms with van der Waals surface area (Å²) in [5, 5.41) is 3.63. The Hall–Kier alpha value is -4.73. The van der Waals surface area contributed by atoms with E-state index in [2.05, 4.69) is 150 Å². The largest absolute Gasteiger partial charge is 0.356 e. The SMILES string of the molecule is c1ccc(Nc2ccc3c(c2)-c2ccccc2C32c3ccccc3N3c4ccccc4Sc4cccc2c43)cc1. The Labute approximate surface area is 237 Å². The maximum absolute atomic E-state index is 3.63. The fourth-order valence-electron chi connectivity index (χ4n) is 7.12. The predicted octanol–water partition coefficient (Wildman–Crippen LogP) is 10.0. The molecule has 2 nitrogen and oxygen atoms in total. The van der Waals surface area contributed by atoms with Gasteiger partial charge in [-0.15, -0.1) is 0 Å². The highest BCUT2D eigenvalue weighted by Crippen LogP contribution is 2.66. The summed E-state index contributed by atoms with van der Waals surface area (Å²) in [5.41, 5.74) is 13.6. The molecule has 0 saturated carbocycles.